The van der Waals surface area contributed by atoms with E-state index in [9.17, 15) is 5.11 Å². The predicted octanol–water partition coefficient (Wildman–Crippen LogP) is 3.17. The summed E-state index contributed by atoms with van der Waals surface area (Å²) >= 11 is 0. The van der Waals surface area contributed by atoms with Gasteiger partial charge >= 0.3 is 0 Å². The van der Waals surface area contributed by atoms with E-state index in [2.05, 4.69) is 32.0 Å². The second-order valence-electron chi connectivity index (χ2n) is 3.62. The van der Waals surface area contributed by atoms with E-state index in [0.717, 1.165) is 25.7 Å². The van der Waals surface area contributed by atoms with Gasteiger partial charge in [-0.2, -0.15) is 0 Å². The fourth-order valence-electron chi connectivity index (χ4n) is 1.73. The van der Waals surface area contributed by atoms with E-state index in [1.165, 1.54) is 16.7 Å². The van der Waals surface area contributed by atoms with E-state index in [0.29, 0.717) is 0 Å². The Morgan fingerprint density at radius 2 is 1.86 bits per heavy atom. The highest BCUT2D eigenvalue weighted by Crippen LogP contribution is 2.15. The van der Waals surface area contributed by atoms with Crippen LogP contribution < -0.4 is 0 Å². The minimum Gasteiger partial charge on any atom is -0.237 e. The van der Waals surface area contributed by atoms with Crippen LogP contribution in [0, 0.1) is 0 Å². The van der Waals surface area contributed by atoms with Crippen LogP contribution in [-0.4, -0.2) is 6.61 Å². The lowest BCUT2D eigenvalue weighted by Gasteiger charge is -2.08. The zero-order valence-electron chi connectivity index (χ0n) is 9.18. The lowest BCUT2D eigenvalue weighted by atomic mass is 9.98. The molecule has 0 unspecified atom stereocenters. The molecule has 1 aromatic rings. The van der Waals surface area contributed by atoms with Gasteiger partial charge in [0.25, 0.3) is 0 Å². The molecule has 0 atom stereocenters. The van der Waals surface area contributed by atoms with Gasteiger partial charge in [-0.25, -0.2) is 5.11 Å². The van der Waals surface area contributed by atoms with E-state index < -0.39 is 0 Å². The van der Waals surface area contributed by atoms with Crippen molar-refractivity contribution in [2.45, 2.75) is 39.5 Å². The lowest BCUT2D eigenvalue weighted by Crippen LogP contribution is -1.96. The summed E-state index contributed by atoms with van der Waals surface area (Å²) in [6.45, 7) is 4.39. The fourth-order valence-corrected chi connectivity index (χ4v) is 1.73. The highest BCUT2D eigenvalue weighted by atomic mass is 16.2. The van der Waals surface area contributed by atoms with E-state index in [-0.39, 0.29) is 6.61 Å². The summed E-state index contributed by atoms with van der Waals surface area (Å²) in [6, 6.07) is 6.65. The first kappa shape index (κ1) is 11.3. The Balaban J connectivity index is 2.82. The Labute approximate surface area is 86.8 Å². The first-order valence-electron chi connectivity index (χ1n) is 5.50. The van der Waals surface area contributed by atoms with Crippen molar-refractivity contribution in [1.82, 2.24) is 0 Å². The van der Waals surface area contributed by atoms with E-state index in [4.69, 9.17) is 0 Å². The maximum atomic E-state index is 10.4. The van der Waals surface area contributed by atoms with Crippen LogP contribution in [0.15, 0.2) is 18.2 Å². The lowest BCUT2D eigenvalue weighted by molar-refractivity contribution is 0.189. The molecule has 0 aromatic heterocycles. The van der Waals surface area contributed by atoms with Gasteiger partial charge in [0.05, 0.1) is 6.61 Å². The van der Waals surface area contributed by atoms with Gasteiger partial charge in [0, 0.05) is 0 Å². The first-order chi connectivity index (χ1) is 6.81. The smallest absolute Gasteiger partial charge is 0.0825 e. The van der Waals surface area contributed by atoms with Crippen molar-refractivity contribution in [1.29, 1.82) is 0 Å². The number of rotatable bonds is 5. The summed E-state index contributed by atoms with van der Waals surface area (Å²) in [5.41, 5.74) is 4.17. The Kier molecular flexibility index (Phi) is 4.68. The molecule has 0 spiro atoms. The van der Waals surface area contributed by atoms with Crippen LogP contribution in [0.3, 0.4) is 0 Å². The molecule has 0 aliphatic carbocycles. The molecule has 14 heavy (non-hydrogen) atoms. The highest BCUT2D eigenvalue weighted by molar-refractivity contribution is 5.32. The maximum absolute atomic E-state index is 10.4. The van der Waals surface area contributed by atoms with Crippen molar-refractivity contribution in [3.63, 3.8) is 0 Å². The number of aryl methyl sites for hydroxylation is 3. The van der Waals surface area contributed by atoms with Gasteiger partial charge in [-0.3, -0.25) is 0 Å². The van der Waals surface area contributed by atoms with Crippen LogP contribution in [-0.2, 0) is 24.4 Å². The zero-order chi connectivity index (χ0) is 10.4. The summed E-state index contributed by atoms with van der Waals surface area (Å²) in [5, 5.41) is 10.4. The zero-order valence-corrected chi connectivity index (χ0v) is 9.18. The third-order valence-corrected chi connectivity index (χ3v) is 2.65. The first-order valence-corrected chi connectivity index (χ1v) is 5.50. The van der Waals surface area contributed by atoms with Crippen molar-refractivity contribution >= 4 is 0 Å². The summed E-state index contributed by atoms with van der Waals surface area (Å²) in [7, 11) is 0. The molecule has 0 aliphatic rings. The van der Waals surface area contributed by atoms with Crippen LogP contribution in [0.25, 0.3) is 0 Å². The molecular weight excluding hydrogens is 172 g/mol. The van der Waals surface area contributed by atoms with Crippen LogP contribution >= 0.6 is 0 Å². The predicted molar refractivity (Wildman–Crippen MR) is 59.1 cm³/mol. The highest BCUT2D eigenvalue weighted by Gasteiger charge is 2.01. The van der Waals surface area contributed by atoms with Gasteiger partial charge in [0.15, 0.2) is 0 Å². The number of hydrogen-bond donors (Lipinski definition) is 0. The maximum Gasteiger partial charge on any atom is 0.0825 e. The number of hydrogen-bond acceptors (Lipinski definition) is 0. The average molecular weight is 191 g/mol. The molecule has 1 radical (unpaired) electrons. The molecular formula is C13H19O. The van der Waals surface area contributed by atoms with Crippen molar-refractivity contribution in [3.05, 3.63) is 34.9 Å². The van der Waals surface area contributed by atoms with Crippen LogP contribution in [0.2, 0.25) is 0 Å². The second kappa shape index (κ2) is 5.82. The van der Waals surface area contributed by atoms with Gasteiger partial charge in [-0.15, -0.1) is 0 Å². The molecule has 0 saturated carbocycles. The van der Waals surface area contributed by atoms with Crippen molar-refractivity contribution < 1.29 is 5.11 Å². The number of benzene rings is 1. The normalized spacial score (nSPS) is 10.5. The molecule has 0 heterocycles. The molecule has 0 amide bonds. The molecule has 0 aliphatic heterocycles. The van der Waals surface area contributed by atoms with Gasteiger partial charge in [-0.05, 0) is 42.4 Å². The van der Waals surface area contributed by atoms with Crippen LogP contribution in [0.1, 0.15) is 37.0 Å². The molecule has 0 saturated heterocycles. The molecule has 0 N–H and O–H groups in total. The summed E-state index contributed by atoms with van der Waals surface area (Å²) in [6.07, 6.45) is 3.87. The fraction of sp³-hybridized carbons (Fsp3) is 0.538. The summed E-state index contributed by atoms with van der Waals surface area (Å²) < 4.78 is 0. The van der Waals surface area contributed by atoms with Gasteiger partial charge in [0.1, 0.15) is 0 Å². The van der Waals surface area contributed by atoms with E-state index >= 15 is 0 Å². The third kappa shape index (κ3) is 2.85. The van der Waals surface area contributed by atoms with Crippen LogP contribution in [0.5, 0.6) is 0 Å². The topological polar surface area (TPSA) is 19.9 Å². The molecule has 1 rings (SSSR count). The molecule has 1 heteroatoms. The molecule has 1 nitrogen and oxygen atoms in total. The Bertz CT molecular complexity index is 279. The summed E-state index contributed by atoms with van der Waals surface area (Å²) in [4.78, 5) is 0. The minimum absolute atomic E-state index is 0.0404. The van der Waals surface area contributed by atoms with Crippen molar-refractivity contribution in [2.24, 2.45) is 0 Å². The standard InChI is InChI=1S/C13H19O/c1-3-11-7-8-13(6-5-9-14)12(4-2)10-11/h7-8,10H,3-6,9H2,1-2H3. The molecule has 1 aromatic carbocycles. The van der Waals surface area contributed by atoms with Crippen molar-refractivity contribution in [3.8, 4) is 0 Å². The van der Waals surface area contributed by atoms with Crippen molar-refractivity contribution in [2.75, 3.05) is 6.61 Å². The largest absolute Gasteiger partial charge is 0.237 e. The van der Waals surface area contributed by atoms with Gasteiger partial charge in [-0.1, -0.05) is 32.0 Å². The monoisotopic (exact) mass is 191 g/mol. The molecule has 77 valence electrons. The quantitative estimate of drug-likeness (QED) is 0.681. The molecule has 0 fully saturated rings. The Morgan fingerprint density at radius 1 is 1.07 bits per heavy atom. The minimum atomic E-state index is 0.0404. The van der Waals surface area contributed by atoms with Gasteiger partial charge < -0.3 is 0 Å². The average Bonchev–Trinajstić information content (AvgIpc) is 2.26. The third-order valence-electron chi connectivity index (χ3n) is 2.65. The van der Waals surface area contributed by atoms with Crippen LogP contribution in [0.4, 0.5) is 0 Å². The second-order valence-corrected chi connectivity index (χ2v) is 3.62. The molecule has 0 bridgehead atoms. The van der Waals surface area contributed by atoms with E-state index in [1.807, 2.05) is 0 Å². The SMILES string of the molecule is CCc1ccc(CCC[O])c(CC)c1. The Hall–Kier alpha value is -0.820. The Morgan fingerprint density at radius 3 is 2.43 bits per heavy atom. The van der Waals surface area contributed by atoms with E-state index in [1.54, 1.807) is 0 Å². The summed E-state index contributed by atoms with van der Waals surface area (Å²) in [5.74, 6) is 0. The van der Waals surface area contributed by atoms with Gasteiger partial charge in [0.2, 0.25) is 0 Å².